The lowest BCUT2D eigenvalue weighted by Crippen LogP contribution is -2.29. The summed E-state index contributed by atoms with van der Waals surface area (Å²) >= 11 is 6.38. The summed E-state index contributed by atoms with van der Waals surface area (Å²) in [7, 11) is 0. The van der Waals surface area contributed by atoms with E-state index in [4.69, 9.17) is 21.6 Å². The monoisotopic (exact) mass is 381 g/mol. The van der Waals surface area contributed by atoms with Gasteiger partial charge in [-0.25, -0.2) is 0 Å². The lowest BCUT2D eigenvalue weighted by molar-refractivity contribution is -0.384. The van der Waals surface area contributed by atoms with Gasteiger partial charge in [0.05, 0.1) is 21.7 Å². The number of nitriles is 1. The Kier molecular flexibility index (Phi) is 4.46. The molecular weight excluding hydrogens is 366 g/mol. The number of nitrogens with one attached hydrogen (secondary N) is 1. The summed E-state index contributed by atoms with van der Waals surface area (Å²) in [6, 6.07) is 12.6. The van der Waals surface area contributed by atoms with Crippen LogP contribution in [-0.2, 0) is 0 Å². The van der Waals surface area contributed by atoms with Gasteiger partial charge in [0.15, 0.2) is 6.61 Å². The third kappa shape index (κ3) is 3.11. The number of nitrogens with zero attached hydrogens (tertiary/aromatic N) is 2. The highest BCUT2D eigenvalue weighted by atomic mass is 35.5. The molecule has 1 N–H and O–H groups in total. The van der Waals surface area contributed by atoms with E-state index in [0.29, 0.717) is 10.8 Å². The Morgan fingerprint density at radius 1 is 1.33 bits per heavy atom. The molecule has 1 aliphatic heterocycles. The maximum absolute atomic E-state index is 11.2. The van der Waals surface area contributed by atoms with Crippen LogP contribution in [0.15, 0.2) is 48.6 Å². The summed E-state index contributed by atoms with van der Waals surface area (Å²) in [6.45, 7) is 0.0113. The van der Waals surface area contributed by atoms with Gasteiger partial charge in [0.1, 0.15) is 11.8 Å². The zero-order valence-corrected chi connectivity index (χ0v) is 15.0. The van der Waals surface area contributed by atoms with E-state index >= 15 is 0 Å². The van der Waals surface area contributed by atoms with Gasteiger partial charge in [-0.05, 0) is 35.6 Å². The zero-order chi connectivity index (χ0) is 19.0. The van der Waals surface area contributed by atoms with Gasteiger partial charge in [-0.15, -0.1) is 0 Å². The molecule has 3 atom stereocenters. The molecule has 27 heavy (non-hydrogen) atoms. The molecule has 0 saturated heterocycles. The fourth-order valence-electron chi connectivity index (χ4n) is 3.96. The minimum absolute atomic E-state index is 0.0112. The summed E-state index contributed by atoms with van der Waals surface area (Å²) in [5.74, 6) is 0.978. The lowest BCUT2D eigenvalue weighted by Gasteiger charge is -2.37. The van der Waals surface area contributed by atoms with E-state index < -0.39 is 4.92 Å². The second-order valence-electron chi connectivity index (χ2n) is 6.64. The Morgan fingerprint density at radius 2 is 2.11 bits per heavy atom. The highest BCUT2D eigenvalue weighted by Gasteiger charge is 2.39. The highest BCUT2D eigenvalue weighted by molar-refractivity contribution is 6.33. The van der Waals surface area contributed by atoms with Gasteiger partial charge in [-0.3, -0.25) is 10.1 Å². The number of hydrogen-bond acceptors (Lipinski definition) is 5. The van der Waals surface area contributed by atoms with Crippen molar-refractivity contribution in [3.05, 3.63) is 74.8 Å². The molecule has 0 bridgehead atoms. The summed E-state index contributed by atoms with van der Waals surface area (Å²) < 4.78 is 5.32. The van der Waals surface area contributed by atoms with Crippen LogP contribution in [0.3, 0.4) is 0 Å². The number of anilines is 1. The number of halogens is 1. The molecule has 4 rings (SSSR count). The molecule has 2 aliphatic rings. The van der Waals surface area contributed by atoms with Crippen LogP contribution in [0.2, 0.25) is 5.02 Å². The second-order valence-corrected chi connectivity index (χ2v) is 7.05. The lowest BCUT2D eigenvalue weighted by atomic mass is 9.77. The molecule has 136 valence electrons. The summed E-state index contributed by atoms with van der Waals surface area (Å²) in [6.07, 6.45) is 5.12. The van der Waals surface area contributed by atoms with E-state index in [1.54, 1.807) is 6.07 Å². The topological polar surface area (TPSA) is 88.2 Å². The molecule has 0 aromatic heterocycles. The minimum atomic E-state index is -0.411. The van der Waals surface area contributed by atoms with E-state index in [0.717, 1.165) is 23.2 Å². The van der Waals surface area contributed by atoms with Crippen molar-refractivity contribution in [2.24, 2.45) is 5.92 Å². The van der Waals surface area contributed by atoms with E-state index in [1.807, 2.05) is 30.3 Å². The summed E-state index contributed by atoms with van der Waals surface area (Å²) in [5.41, 5.74) is 2.72. The van der Waals surface area contributed by atoms with Crippen molar-refractivity contribution >= 4 is 23.0 Å². The van der Waals surface area contributed by atoms with E-state index in [2.05, 4.69) is 17.5 Å². The van der Waals surface area contributed by atoms with Crippen molar-refractivity contribution in [3.63, 3.8) is 0 Å². The fourth-order valence-corrected chi connectivity index (χ4v) is 4.24. The average molecular weight is 382 g/mol. The van der Waals surface area contributed by atoms with E-state index in [1.165, 1.54) is 6.07 Å². The fraction of sp³-hybridized carbons (Fsp3) is 0.250. The van der Waals surface area contributed by atoms with Gasteiger partial charge in [0.2, 0.25) is 0 Å². The number of non-ortho nitro benzene ring substituents is 1. The minimum Gasteiger partial charge on any atom is -0.479 e. The van der Waals surface area contributed by atoms with Crippen LogP contribution in [0.5, 0.6) is 5.75 Å². The molecular formula is C20H16ClN3O3. The highest BCUT2D eigenvalue weighted by Crippen LogP contribution is 2.52. The predicted octanol–water partition coefficient (Wildman–Crippen LogP) is 4.98. The van der Waals surface area contributed by atoms with Crippen molar-refractivity contribution in [2.45, 2.75) is 18.4 Å². The summed E-state index contributed by atoms with van der Waals surface area (Å²) in [4.78, 5) is 10.8. The number of nitro benzene ring substituents is 1. The first kappa shape index (κ1) is 17.4. The Balaban J connectivity index is 1.70. The third-order valence-corrected chi connectivity index (χ3v) is 5.46. The molecule has 2 aromatic rings. The smallest absolute Gasteiger partial charge is 0.271 e. The predicted molar refractivity (Wildman–Crippen MR) is 102 cm³/mol. The van der Waals surface area contributed by atoms with Gasteiger partial charge in [-0.1, -0.05) is 35.9 Å². The van der Waals surface area contributed by atoms with Gasteiger partial charge >= 0.3 is 0 Å². The Morgan fingerprint density at radius 3 is 2.81 bits per heavy atom. The van der Waals surface area contributed by atoms with Crippen molar-refractivity contribution in [1.82, 2.24) is 0 Å². The molecule has 1 heterocycles. The molecule has 0 amide bonds. The number of benzene rings is 2. The largest absolute Gasteiger partial charge is 0.479 e. The number of ether oxygens (including phenoxy) is 1. The molecule has 1 aliphatic carbocycles. The SMILES string of the molecule is N#CCOc1ccc([C@@H]2Nc3c(Cl)cc([N+](=O)[O-])cc3[C@@H]3C=CC[C@@H]32)cc1. The van der Waals surface area contributed by atoms with Crippen LogP contribution in [0.4, 0.5) is 11.4 Å². The Labute approximate surface area is 161 Å². The van der Waals surface area contributed by atoms with Crippen molar-refractivity contribution in [1.29, 1.82) is 5.26 Å². The first-order chi connectivity index (χ1) is 13.1. The first-order valence-electron chi connectivity index (χ1n) is 8.59. The Hall–Kier alpha value is -3.04. The van der Waals surface area contributed by atoms with Crippen molar-refractivity contribution in [3.8, 4) is 11.8 Å². The molecule has 0 unspecified atom stereocenters. The quantitative estimate of drug-likeness (QED) is 0.458. The zero-order valence-electron chi connectivity index (χ0n) is 14.3. The molecule has 2 aromatic carbocycles. The van der Waals surface area contributed by atoms with Crippen LogP contribution in [0.1, 0.15) is 29.5 Å². The molecule has 0 saturated carbocycles. The molecule has 0 radical (unpaired) electrons. The maximum Gasteiger partial charge on any atom is 0.271 e. The van der Waals surface area contributed by atoms with Crippen LogP contribution >= 0.6 is 11.6 Å². The summed E-state index contributed by atoms with van der Waals surface area (Å²) in [5, 5.41) is 23.7. The number of rotatable bonds is 4. The number of nitro groups is 1. The molecule has 0 spiro atoms. The first-order valence-corrected chi connectivity index (χ1v) is 8.97. The maximum atomic E-state index is 11.2. The molecule has 0 fully saturated rings. The van der Waals surface area contributed by atoms with E-state index in [9.17, 15) is 10.1 Å². The van der Waals surface area contributed by atoms with Gasteiger partial charge in [-0.2, -0.15) is 5.26 Å². The normalized spacial score (nSPS) is 22.3. The standard InChI is InChI=1S/C20H16ClN3O3/c21-18-11-13(24(25)26)10-17-15-2-1-3-16(15)19(23-20(17)18)12-4-6-14(7-5-12)27-9-8-22/h1-2,4-7,10-11,15-16,19,23H,3,9H2/t15-,16+,19+/m1/s1. The number of hydrogen-bond donors (Lipinski definition) is 1. The van der Waals surface area contributed by atoms with Gasteiger partial charge in [0.25, 0.3) is 5.69 Å². The molecule has 7 heteroatoms. The number of allylic oxidation sites excluding steroid dienone is 2. The van der Waals surface area contributed by atoms with Crippen LogP contribution in [0, 0.1) is 27.4 Å². The third-order valence-electron chi connectivity index (χ3n) is 5.16. The van der Waals surface area contributed by atoms with Gasteiger partial charge < -0.3 is 10.1 Å². The van der Waals surface area contributed by atoms with Crippen molar-refractivity contribution < 1.29 is 9.66 Å². The van der Waals surface area contributed by atoms with Crippen molar-refractivity contribution in [2.75, 3.05) is 11.9 Å². The average Bonchev–Trinajstić information content (AvgIpc) is 3.16. The second kappa shape index (κ2) is 6.93. The number of fused-ring (bicyclic) bond motifs is 3. The van der Waals surface area contributed by atoms with Gasteiger partial charge in [0, 0.05) is 18.1 Å². The van der Waals surface area contributed by atoms with Crippen LogP contribution in [0.25, 0.3) is 0 Å². The Bertz CT molecular complexity index is 966. The van der Waals surface area contributed by atoms with E-state index in [-0.39, 0.29) is 30.2 Å². The van der Waals surface area contributed by atoms with Crippen LogP contribution < -0.4 is 10.1 Å². The van der Waals surface area contributed by atoms with Crippen LogP contribution in [-0.4, -0.2) is 11.5 Å². The molecule has 6 nitrogen and oxygen atoms in total.